The minimum absolute atomic E-state index is 0.000441. The standard InChI is InChI=1S/C31H33ClN6O3/c1-36(23-14-17-40-19-23)15-5-8-26(39)37-16-13-22(18-37)38-29(32)27(28-30(33)34-20-35-31(28)38)21-9-11-25(12-10-21)41-24-6-3-2-4-7-24/h2-12,20,22-23H,13-19H2,1H3,(H2,33,34,35)/b8-5+/t22-,23+/m1/s1. The molecule has 4 aromatic rings. The van der Waals surface area contributed by atoms with Gasteiger partial charge in [0.2, 0.25) is 5.91 Å². The Bertz CT molecular complexity index is 1550. The molecule has 2 N–H and O–H groups in total. The van der Waals surface area contributed by atoms with Crippen LogP contribution in [0, 0.1) is 0 Å². The van der Waals surface area contributed by atoms with Gasteiger partial charge in [0, 0.05) is 43.9 Å². The summed E-state index contributed by atoms with van der Waals surface area (Å²) >= 11 is 7.09. The van der Waals surface area contributed by atoms with Crippen molar-refractivity contribution in [2.75, 3.05) is 45.6 Å². The van der Waals surface area contributed by atoms with Gasteiger partial charge >= 0.3 is 0 Å². The van der Waals surface area contributed by atoms with E-state index in [2.05, 4.69) is 21.9 Å². The number of carbonyl (C=O) groups excluding carboxylic acids is 1. The van der Waals surface area contributed by atoms with Crippen LogP contribution in [-0.2, 0) is 9.53 Å². The number of hydrogen-bond acceptors (Lipinski definition) is 7. The number of nitrogen functional groups attached to an aromatic ring is 1. The summed E-state index contributed by atoms with van der Waals surface area (Å²) < 4.78 is 13.4. The average molecular weight is 573 g/mol. The van der Waals surface area contributed by atoms with Crippen LogP contribution < -0.4 is 10.5 Å². The van der Waals surface area contributed by atoms with Crippen LogP contribution in [0.5, 0.6) is 11.5 Å². The molecule has 4 heterocycles. The third-order valence-corrected chi connectivity index (χ3v) is 8.27. The van der Waals surface area contributed by atoms with E-state index >= 15 is 0 Å². The first-order valence-electron chi connectivity index (χ1n) is 13.9. The zero-order valence-corrected chi connectivity index (χ0v) is 23.7. The summed E-state index contributed by atoms with van der Waals surface area (Å²) in [5.41, 5.74) is 8.69. The molecule has 212 valence electrons. The quantitative estimate of drug-likeness (QED) is 0.291. The average Bonchev–Trinajstić information content (AvgIpc) is 3.74. The lowest BCUT2D eigenvalue weighted by molar-refractivity contribution is -0.125. The lowest BCUT2D eigenvalue weighted by Gasteiger charge is -2.21. The number of halogens is 1. The largest absolute Gasteiger partial charge is 0.457 e. The SMILES string of the molecule is CN(C/C=C/C(=O)N1CC[C@@H](n2c(Cl)c(-c3ccc(Oc4ccccc4)cc3)c3c(N)ncnc32)C1)[C@H]1CCOC1. The molecule has 0 spiro atoms. The molecule has 2 aromatic carbocycles. The van der Waals surface area contributed by atoms with E-state index in [0.717, 1.165) is 42.9 Å². The number of amides is 1. The van der Waals surface area contributed by atoms with Crippen LogP contribution >= 0.6 is 11.6 Å². The molecule has 10 heteroatoms. The Morgan fingerprint density at radius 3 is 2.68 bits per heavy atom. The van der Waals surface area contributed by atoms with Crippen molar-refractivity contribution in [3.63, 3.8) is 0 Å². The number of nitrogens with two attached hydrogens (primary N) is 1. The Balaban J connectivity index is 1.21. The van der Waals surface area contributed by atoms with Crippen molar-refractivity contribution in [1.29, 1.82) is 0 Å². The van der Waals surface area contributed by atoms with E-state index in [4.69, 9.17) is 26.8 Å². The molecule has 2 aliphatic rings. The molecule has 2 saturated heterocycles. The van der Waals surface area contributed by atoms with Crippen LogP contribution in [0.1, 0.15) is 18.9 Å². The van der Waals surface area contributed by atoms with Crippen molar-refractivity contribution >= 4 is 34.4 Å². The summed E-state index contributed by atoms with van der Waals surface area (Å²) in [6.07, 6.45) is 6.85. The number of nitrogens with zero attached hydrogens (tertiary/aromatic N) is 5. The van der Waals surface area contributed by atoms with Crippen molar-refractivity contribution in [3.8, 4) is 22.6 Å². The second kappa shape index (κ2) is 11.9. The third-order valence-electron chi connectivity index (χ3n) is 7.90. The van der Waals surface area contributed by atoms with Gasteiger partial charge in [0.15, 0.2) is 0 Å². The van der Waals surface area contributed by atoms with Crippen molar-refractivity contribution < 1.29 is 14.3 Å². The van der Waals surface area contributed by atoms with E-state index < -0.39 is 0 Å². The van der Waals surface area contributed by atoms with Gasteiger partial charge in [0.25, 0.3) is 0 Å². The predicted octanol–water partition coefficient (Wildman–Crippen LogP) is 5.18. The zero-order chi connectivity index (χ0) is 28.3. The fraction of sp³-hybridized carbons (Fsp3) is 0.323. The first-order valence-corrected chi connectivity index (χ1v) is 14.2. The number of likely N-dealkylation sites (N-methyl/N-ethyl adjacent to an activating group) is 1. The van der Waals surface area contributed by atoms with E-state index in [0.29, 0.717) is 53.4 Å². The fourth-order valence-corrected chi connectivity index (χ4v) is 6.06. The van der Waals surface area contributed by atoms with E-state index in [1.165, 1.54) is 6.33 Å². The number of para-hydroxylation sites is 1. The maximum atomic E-state index is 13.0. The summed E-state index contributed by atoms with van der Waals surface area (Å²) in [7, 11) is 2.06. The van der Waals surface area contributed by atoms with E-state index in [1.54, 1.807) is 6.08 Å². The molecule has 2 fully saturated rings. The maximum Gasteiger partial charge on any atom is 0.246 e. The van der Waals surface area contributed by atoms with Gasteiger partial charge in [-0.2, -0.15) is 0 Å². The summed E-state index contributed by atoms with van der Waals surface area (Å²) in [5.74, 6) is 1.84. The van der Waals surface area contributed by atoms with E-state index in [1.807, 2.05) is 70.1 Å². The lowest BCUT2D eigenvalue weighted by Crippen LogP contribution is -2.32. The van der Waals surface area contributed by atoms with Gasteiger partial charge in [-0.15, -0.1) is 0 Å². The monoisotopic (exact) mass is 572 g/mol. The molecule has 0 unspecified atom stereocenters. The predicted molar refractivity (Wildman–Crippen MR) is 160 cm³/mol. The Labute approximate surface area is 244 Å². The molecular weight excluding hydrogens is 540 g/mol. The van der Waals surface area contributed by atoms with Gasteiger partial charge in [0.1, 0.15) is 34.4 Å². The first-order chi connectivity index (χ1) is 20.0. The minimum Gasteiger partial charge on any atom is -0.457 e. The molecule has 0 bridgehead atoms. The minimum atomic E-state index is -0.0376. The lowest BCUT2D eigenvalue weighted by atomic mass is 10.1. The van der Waals surface area contributed by atoms with E-state index in [9.17, 15) is 4.79 Å². The van der Waals surface area contributed by atoms with Gasteiger partial charge in [-0.05, 0) is 49.7 Å². The van der Waals surface area contributed by atoms with E-state index in [-0.39, 0.29) is 11.9 Å². The fourth-order valence-electron chi connectivity index (χ4n) is 5.64. The topological polar surface area (TPSA) is 98.7 Å². The highest BCUT2D eigenvalue weighted by molar-refractivity contribution is 6.35. The van der Waals surface area contributed by atoms with Crippen LogP contribution in [0.15, 0.2) is 73.1 Å². The van der Waals surface area contributed by atoms with Crippen LogP contribution in [0.25, 0.3) is 22.2 Å². The Morgan fingerprint density at radius 2 is 1.93 bits per heavy atom. The van der Waals surface area contributed by atoms with Gasteiger partial charge < -0.3 is 24.7 Å². The Morgan fingerprint density at radius 1 is 1.15 bits per heavy atom. The number of ether oxygens (including phenoxy) is 2. The van der Waals surface area contributed by atoms with Crippen molar-refractivity contribution in [1.82, 2.24) is 24.3 Å². The van der Waals surface area contributed by atoms with Crippen molar-refractivity contribution in [3.05, 3.63) is 78.2 Å². The molecule has 1 amide bonds. The molecular formula is C31H33ClN6O3. The molecule has 2 aliphatic heterocycles. The van der Waals surface area contributed by atoms with Crippen molar-refractivity contribution in [2.24, 2.45) is 0 Å². The molecule has 6 rings (SSSR count). The highest BCUT2D eigenvalue weighted by Gasteiger charge is 2.32. The molecule has 2 atom stereocenters. The second-order valence-corrected chi connectivity index (χ2v) is 10.9. The molecule has 9 nitrogen and oxygen atoms in total. The number of benzene rings is 2. The van der Waals surface area contributed by atoms with Crippen LogP contribution in [0.4, 0.5) is 5.82 Å². The van der Waals surface area contributed by atoms with Gasteiger partial charge in [-0.1, -0.05) is 48.0 Å². The molecule has 0 radical (unpaired) electrons. The van der Waals surface area contributed by atoms with Gasteiger partial charge in [-0.3, -0.25) is 9.69 Å². The number of rotatable bonds is 8. The highest BCUT2D eigenvalue weighted by Crippen LogP contribution is 2.43. The molecule has 2 aromatic heterocycles. The molecule has 41 heavy (non-hydrogen) atoms. The van der Waals surface area contributed by atoms with Gasteiger partial charge in [-0.25, -0.2) is 9.97 Å². The summed E-state index contributed by atoms with van der Waals surface area (Å²) in [6, 6.07) is 17.7. The van der Waals surface area contributed by atoms with Gasteiger partial charge in [0.05, 0.1) is 18.0 Å². The maximum absolute atomic E-state index is 13.0. The number of fused-ring (bicyclic) bond motifs is 1. The smallest absolute Gasteiger partial charge is 0.246 e. The highest BCUT2D eigenvalue weighted by atomic mass is 35.5. The number of carbonyl (C=O) groups is 1. The zero-order valence-electron chi connectivity index (χ0n) is 22.9. The number of likely N-dealkylation sites (tertiary alicyclic amines) is 1. The Hall–Kier alpha value is -3.92. The summed E-state index contributed by atoms with van der Waals surface area (Å²) in [4.78, 5) is 25.9. The molecule has 0 saturated carbocycles. The Kier molecular flexibility index (Phi) is 7.91. The first kappa shape index (κ1) is 27.3. The second-order valence-electron chi connectivity index (χ2n) is 10.5. The summed E-state index contributed by atoms with van der Waals surface area (Å²) in [5, 5.41) is 1.23. The third kappa shape index (κ3) is 5.66. The number of anilines is 1. The normalized spacial score (nSPS) is 19.1. The van der Waals surface area contributed by atoms with Crippen molar-refractivity contribution in [2.45, 2.75) is 24.9 Å². The van der Waals surface area contributed by atoms with Crippen LogP contribution in [0.2, 0.25) is 5.15 Å². The number of hydrogen-bond donors (Lipinski definition) is 1. The van der Waals surface area contributed by atoms with Crippen LogP contribution in [-0.4, -0.2) is 76.2 Å². The van der Waals surface area contributed by atoms with Crippen LogP contribution in [0.3, 0.4) is 0 Å². The molecule has 0 aliphatic carbocycles. The number of aromatic nitrogens is 3. The summed E-state index contributed by atoms with van der Waals surface area (Å²) in [6.45, 7) is 3.43.